The van der Waals surface area contributed by atoms with Gasteiger partial charge in [0.25, 0.3) is 0 Å². The molecule has 3 aromatic rings. The highest BCUT2D eigenvalue weighted by Gasteiger charge is 2.13. The molecule has 0 aliphatic rings. The lowest BCUT2D eigenvalue weighted by Gasteiger charge is -2.08. The molecule has 0 spiro atoms. The predicted octanol–water partition coefficient (Wildman–Crippen LogP) is 2.71. The van der Waals surface area contributed by atoms with Crippen LogP contribution in [-0.2, 0) is 17.8 Å². The molecular formula is C16H14N2O2. The number of para-hydroxylation sites is 2. The van der Waals surface area contributed by atoms with Crippen LogP contribution in [0.2, 0.25) is 0 Å². The van der Waals surface area contributed by atoms with Crippen LogP contribution in [0.5, 0.6) is 0 Å². The van der Waals surface area contributed by atoms with E-state index in [0.29, 0.717) is 12.4 Å². The molecule has 0 fully saturated rings. The van der Waals surface area contributed by atoms with E-state index in [1.165, 1.54) is 0 Å². The Morgan fingerprint density at radius 3 is 2.50 bits per heavy atom. The maximum atomic E-state index is 11.0. The fourth-order valence-electron chi connectivity index (χ4n) is 2.34. The molecule has 0 unspecified atom stereocenters. The van der Waals surface area contributed by atoms with Crippen molar-refractivity contribution in [2.75, 3.05) is 0 Å². The first kappa shape index (κ1) is 12.4. The van der Waals surface area contributed by atoms with Gasteiger partial charge in [-0.25, -0.2) is 4.98 Å². The number of imidazole rings is 1. The Morgan fingerprint density at radius 2 is 1.75 bits per heavy atom. The van der Waals surface area contributed by atoms with Gasteiger partial charge in [0, 0.05) is 6.54 Å². The molecule has 1 heterocycles. The summed E-state index contributed by atoms with van der Waals surface area (Å²) in [5, 5.41) is 9.03. The van der Waals surface area contributed by atoms with E-state index >= 15 is 0 Å². The first-order valence-electron chi connectivity index (χ1n) is 6.44. The van der Waals surface area contributed by atoms with E-state index in [9.17, 15) is 4.79 Å². The summed E-state index contributed by atoms with van der Waals surface area (Å²) < 4.78 is 1.97. The molecule has 20 heavy (non-hydrogen) atoms. The van der Waals surface area contributed by atoms with Gasteiger partial charge in [0.2, 0.25) is 0 Å². The van der Waals surface area contributed by atoms with Crippen molar-refractivity contribution in [2.45, 2.75) is 13.0 Å². The van der Waals surface area contributed by atoms with Crippen molar-refractivity contribution in [1.29, 1.82) is 0 Å². The molecule has 3 rings (SSSR count). The van der Waals surface area contributed by atoms with Crippen molar-refractivity contribution in [3.8, 4) is 0 Å². The molecular weight excluding hydrogens is 252 g/mol. The summed E-state index contributed by atoms with van der Waals surface area (Å²) in [6.07, 6.45) is -0.0679. The van der Waals surface area contributed by atoms with E-state index in [2.05, 4.69) is 4.98 Å². The molecule has 0 atom stereocenters. The fourth-order valence-corrected chi connectivity index (χ4v) is 2.34. The molecule has 0 amide bonds. The van der Waals surface area contributed by atoms with Crippen LogP contribution in [0, 0.1) is 0 Å². The van der Waals surface area contributed by atoms with Crippen molar-refractivity contribution in [3.05, 3.63) is 66.0 Å². The molecule has 0 radical (unpaired) electrons. The zero-order valence-electron chi connectivity index (χ0n) is 10.9. The molecule has 1 N–H and O–H groups in total. The van der Waals surface area contributed by atoms with Crippen molar-refractivity contribution in [1.82, 2.24) is 9.55 Å². The molecule has 0 aliphatic heterocycles. The average Bonchev–Trinajstić information content (AvgIpc) is 2.77. The number of fused-ring (bicyclic) bond motifs is 1. The zero-order valence-corrected chi connectivity index (χ0v) is 10.9. The summed E-state index contributed by atoms with van der Waals surface area (Å²) in [5.41, 5.74) is 2.93. The van der Waals surface area contributed by atoms with E-state index in [4.69, 9.17) is 5.11 Å². The highest BCUT2D eigenvalue weighted by molar-refractivity contribution is 5.78. The maximum Gasteiger partial charge on any atom is 0.311 e. The molecule has 4 nitrogen and oxygen atoms in total. The zero-order chi connectivity index (χ0) is 13.9. The monoisotopic (exact) mass is 266 g/mol. The summed E-state index contributed by atoms with van der Waals surface area (Å²) in [7, 11) is 0. The van der Waals surface area contributed by atoms with Crippen LogP contribution < -0.4 is 0 Å². The standard InChI is InChI=1S/C16H14N2O2/c19-16(20)10-15-17-13-8-4-5-9-14(13)18(15)11-12-6-2-1-3-7-12/h1-9H,10-11H2,(H,19,20). The number of benzene rings is 2. The third-order valence-electron chi connectivity index (χ3n) is 3.23. The number of carboxylic acids is 1. The van der Waals surface area contributed by atoms with Crippen molar-refractivity contribution < 1.29 is 9.90 Å². The van der Waals surface area contributed by atoms with Crippen LogP contribution in [0.4, 0.5) is 0 Å². The van der Waals surface area contributed by atoms with Crippen LogP contribution >= 0.6 is 0 Å². The highest BCUT2D eigenvalue weighted by atomic mass is 16.4. The minimum atomic E-state index is -0.866. The van der Waals surface area contributed by atoms with Gasteiger partial charge in [-0.3, -0.25) is 4.79 Å². The number of hydrogen-bond acceptors (Lipinski definition) is 2. The summed E-state index contributed by atoms with van der Waals surface area (Å²) in [5.74, 6) is -0.280. The Bertz CT molecular complexity index is 748. The number of hydrogen-bond donors (Lipinski definition) is 1. The van der Waals surface area contributed by atoms with Gasteiger partial charge in [0.15, 0.2) is 0 Å². The number of aliphatic carboxylic acids is 1. The van der Waals surface area contributed by atoms with E-state index < -0.39 is 5.97 Å². The van der Waals surface area contributed by atoms with Crippen LogP contribution in [0.25, 0.3) is 11.0 Å². The third-order valence-corrected chi connectivity index (χ3v) is 3.23. The van der Waals surface area contributed by atoms with Crippen LogP contribution in [-0.4, -0.2) is 20.6 Å². The number of nitrogens with zero attached hydrogens (tertiary/aromatic N) is 2. The Balaban J connectivity index is 2.08. The molecule has 0 aliphatic carbocycles. The first-order chi connectivity index (χ1) is 9.74. The van der Waals surface area contributed by atoms with E-state index in [1.807, 2.05) is 59.2 Å². The van der Waals surface area contributed by atoms with Gasteiger partial charge < -0.3 is 9.67 Å². The third kappa shape index (κ3) is 2.40. The van der Waals surface area contributed by atoms with Gasteiger partial charge in [-0.1, -0.05) is 42.5 Å². The van der Waals surface area contributed by atoms with Gasteiger partial charge in [0.1, 0.15) is 12.2 Å². The van der Waals surface area contributed by atoms with Gasteiger partial charge >= 0.3 is 5.97 Å². The van der Waals surface area contributed by atoms with Gasteiger partial charge in [-0.2, -0.15) is 0 Å². The Hall–Kier alpha value is -2.62. The largest absolute Gasteiger partial charge is 0.481 e. The SMILES string of the molecule is O=C(O)Cc1nc2ccccc2n1Cc1ccccc1. The van der Waals surface area contributed by atoms with Gasteiger partial charge in [-0.15, -0.1) is 0 Å². The summed E-state index contributed by atoms with van der Waals surface area (Å²) in [6.45, 7) is 0.629. The van der Waals surface area contributed by atoms with Gasteiger partial charge in [-0.05, 0) is 17.7 Å². The number of carboxylic acid groups (broad SMARTS) is 1. The molecule has 2 aromatic carbocycles. The minimum absolute atomic E-state index is 0.0679. The summed E-state index contributed by atoms with van der Waals surface area (Å²) >= 11 is 0. The van der Waals surface area contributed by atoms with Crippen molar-refractivity contribution >= 4 is 17.0 Å². The van der Waals surface area contributed by atoms with Crippen molar-refractivity contribution in [3.63, 3.8) is 0 Å². The predicted molar refractivity (Wildman–Crippen MR) is 76.6 cm³/mol. The topological polar surface area (TPSA) is 55.1 Å². The molecule has 0 bridgehead atoms. The average molecular weight is 266 g/mol. The fraction of sp³-hybridized carbons (Fsp3) is 0.125. The first-order valence-corrected chi connectivity index (χ1v) is 6.44. The second-order valence-electron chi connectivity index (χ2n) is 4.66. The Kier molecular flexibility index (Phi) is 3.21. The second-order valence-corrected chi connectivity index (χ2v) is 4.66. The molecule has 0 saturated heterocycles. The van der Waals surface area contributed by atoms with E-state index in [0.717, 1.165) is 16.6 Å². The van der Waals surface area contributed by atoms with Crippen LogP contribution in [0.3, 0.4) is 0 Å². The lowest BCUT2D eigenvalue weighted by molar-refractivity contribution is -0.136. The quantitative estimate of drug-likeness (QED) is 0.790. The van der Waals surface area contributed by atoms with E-state index in [-0.39, 0.29) is 6.42 Å². The molecule has 0 saturated carbocycles. The van der Waals surface area contributed by atoms with Crippen molar-refractivity contribution in [2.24, 2.45) is 0 Å². The minimum Gasteiger partial charge on any atom is -0.481 e. The number of carbonyl (C=O) groups is 1. The van der Waals surface area contributed by atoms with E-state index in [1.54, 1.807) is 0 Å². The van der Waals surface area contributed by atoms with Gasteiger partial charge in [0.05, 0.1) is 11.0 Å². The number of aromatic nitrogens is 2. The van der Waals surface area contributed by atoms with Crippen LogP contribution in [0.1, 0.15) is 11.4 Å². The summed E-state index contributed by atoms with van der Waals surface area (Å²) in [4.78, 5) is 15.4. The normalized spacial score (nSPS) is 10.8. The lowest BCUT2D eigenvalue weighted by atomic mass is 10.2. The maximum absolute atomic E-state index is 11.0. The lowest BCUT2D eigenvalue weighted by Crippen LogP contribution is -2.10. The van der Waals surface area contributed by atoms with Crippen LogP contribution in [0.15, 0.2) is 54.6 Å². The Labute approximate surface area is 116 Å². The second kappa shape index (κ2) is 5.17. The smallest absolute Gasteiger partial charge is 0.311 e. The molecule has 100 valence electrons. The molecule has 1 aromatic heterocycles. The Morgan fingerprint density at radius 1 is 1.05 bits per heavy atom. The highest BCUT2D eigenvalue weighted by Crippen LogP contribution is 2.18. The molecule has 4 heteroatoms. The number of rotatable bonds is 4. The summed E-state index contributed by atoms with van der Waals surface area (Å²) in [6, 6.07) is 17.7.